The average molecular weight is 410 g/mol. The van der Waals surface area contributed by atoms with Gasteiger partial charge in [-0.25, -0.2) is 14.8 Å². The highest BCUT2D eigenvalue weighted by Gasteiger charge is 2.10. The summed E-state index contributed by atoms with van der Waals surface area (Å²) in [6.07, 6.45) is 2.49. The Bertz CT molecular complexity index is 1090. The molecule has 9 nitrogen and oxygen atoms in total. The summed E-state index contributed by atoms with van der Waals surface area (Å²) in [4.78, 5) is 26.0. The minimum atomic E-state index is -0.555. The molecule has 0 fully saturated rings. The molecule has 152 valence electrons. The fourth-order valence-electron chi connectivity index (χ4n) is 2.33. The smallest absolute Gasteiger partial charge is 0.287 e. The lowest BCUT2D eigenvalue weighted by molar-refractivity contribution is -0.385. The summed E-state index contributed by atoms with van der Waals surface area (Å²) < 4.78 is 23.8. The van der Waals surface area contributed by atoms with E-state index in [1.807, 2.05) is 0 Å². The molecule has 2 aromatic carbocycles. The highest BCUT2D eigenvalue weighted by Crippen LogP contribution is 2.31. The number of aromatic nitrogens is 1. The van der Waals surface area contributed by atoms with Crippen LogP contribution >= 0.6 is 0 Å². The number of nitrogens with one attached hydrogen (secondary N) is 1. The number of methoxy groups -OCH3 is 1. The van der Waals surface area contributed by atoms with Gasteiger partial charge in [0.2, 0.25) is 5.88 Å². The molecular weight excluding hydrogens is 395 g/mol. The van der Waals surface area contributed by atoms with E-state index in [2.05, 4.69) is 15.5 Å². The van der Waals surface area contributed by atoms with Crippen LogP contribution in [0.25, 0.3) is 0 Å². The quantitative estimate of drug-likeness (QED) is 0.361. The molecule has 0 atom stereocenters. The number of amides is 1. The highest BCUT2D eigenvalue weighted by atomic mass is 19.1. The fraction of sp³-hybridized carbons (Fsp3) is 0.0500. The Morgan fingerprint density at radius 1 is 1.17 bits per heavy atom. The number of hydrogen-bond donors (Lipinski definition) is 1. The molecule has 3 rings (SSSR count). The lowest BCUT2D eigenvalue weighted by atomic mass is 10.2. The van der Waals surface area contributed by atoms with E-state index in [0.29, 0.717) is 17.1 Å². The van der Waals surface area contributed by atoms with E-state index in [9.17, 15) is 19.3 Å². The molecule has 0 aliphatic heterocycles. The number of hydrazone groups is 1. The Morgan fingerprint density at radius 3 is 2.57 bits per heavy atom. The minimum Gasteiger partial charge on any atom is -0.493 e. The Hall–Kier alpha value is -4.34. The SMILES string of the molecule is COc1cc(/C=N/NC(=O)c2ccc(F)cc2)ccc1Oc1ccc([N+](=O)[O-])cn1. The van der Waals surface area contributed by atoms with Gasteiger partial charge in [0, 0.05) is 17.7 Å². The Balaban J connectivity index is 1.67. The van der Waals surface area contributed by atoms with Gasteiger partial charge >= 0.3 is 0 Å². The second-order valence-corrected chi connectivity index (χ2v) is 5.83. The number of carbonyl (C=O) groups excluding carboxylic acids is 1. The molecule has 10 heteroatoms. The fourth-order valence-corrected chi connectivity index (χ4v) is 2.33. The van der Waals surface area contributed by atoms with Crippen molar-refractivity contribution in [3.63, 3.8) is 0 Å². The van der Waals surface area contributed by atoms with E-state index in [1.165, 1.54) is 49.7 Å². The molecule has 3 aromatic rings. The Kier molecular flexibility index (Phi) is 6.28. The van der Waals surface area contributed by atoms with Crippen molar-refractivity contribution in [2.24, 2.45) is 5.10 Å². The van der Waals surface area contributed by atoms with E-state index in [0.717, 1.165) is 6.20 Å². The van der Waals surface area contributed by atoms with E-state index >= 15 is 0 Å². The first-order valence-electron chi connectivity index (χ1n) is 8.51. The average Bonchev–Trinajstić information content (AvgIpc) is 2.75. The number of nitro groups is 1. The summed E-state index contributed by atoms with van der Waals surface area (Å²) >= 11 is 0. The molecule has 0 aliphatic carbocycles. The third kappa shape index (κ3) is 5.13. The molecule has 1 heterocycles. The van der Waals surface area contributed by atoms with Gasteiger partial charge in [-0.3, -0.25) is 14.9 Å². The van der Waals surface area contributed by atoms with E-state index < -0.39 is 16.6 Å². The summed E-state index contributed by atoms with van der Waals surface area (Å²) in [6, 6.07) is 12.6. The largest absolute Gasteiger partial charge is 0.493 e. The van der Waals surface area contributed by atoms with E-state index in [1.54, 1.807) is 18.2 Å². The van der Waals surface area contributed by atoms with Crippen molar-refractivity contribution in [1.29, 1.82) is 0 Å². The van der Waals surface area contributed by atoms with Crippen LogP contribution in [0.3, 0.4) is 0 Å². The zero-order chi connectivity index (χ0) is 21.5. The second-order valence-electron chi connectivity index (χ2n) is 5.83. The maximum Gasteiger partial charge on any atom is 0.287 e. The maximum absolute atomic E-state index is 12.9. The predicted octanol–water partition coefficient (Wildman–Crippen LogP) is 3.69. The third-order valence-electron chi connectivity index (χ3n) is 3.82. The Morgan fingerprint density at radius 2 is 1.93 bits per heavy atom. The molecule has 0 aliphatic rings. The van der Waals surface area contributed by atoms with Gasteiger partial charge in [-0.1, -0.05) is 0 Å². The van der Waals surface area contributed by atoms with Crippen LogP contribution in [0, 0.1) is 15.9 Å². The molecule has 1 N–H and O–H groups in total. The van der Waals surface area contributed by atoms with Crippen molar-refractivity contribution in [3.05, 3.63) is 87.9 Å². The summed E-state index contributed by atoms with van der Waals surface area (Å²) in [5.41, 5.74) is 3.07. The summed E-state index contributed by atoms with van der Waals surface area (Å²) in [7, 11) is 1.45. The van der Waals surface area contributed by atoms with Crippen LogP contribution in [0.15, 0.2) is 65.9 Å². The molecular formula is C20H15FN4O5. The van der Waals surface area contributed by atoms with Crippen molar-refractivity contribution < 1.29 is 23.6 Å². The zero-order valence-corrected chi connectivity index (χ0v) is 15.6. The topological polar surface area (TPSA) is 116 Å². The third-order valence-corrected chi connectivity index (χ3v) is 3.82. The summed E-state index contributed by atoms with van der Waals surface area (Å²) in [5, 5.41) is 14.5. The number of pyridine rings is 1. The van der Waals surface area contributed by atoms with Gasteiger partial charge in [0.1, 0.15) is 12.0 Å². The Labute approximate surface area is 169 Å². The van der Waals surface area contributed by atoms with Crippen LogP contribution in [0.4, 0.5) is 10.1 Å². The number of ether oxygens (including phenoxy) is 2. The van der Waals surface area contributed by atoms with Crippen molar-refractivity contribution in [2.75, 3.05) is 7.11 Å². The van der Waals surface area contributed by atoms with Gasteiger partial charge in [-0.15, -0.1) is 0 Å². The van der Waals surface area contributed by atoms with Crippen LogP contribution in [0.1, 0.15) is 15.9 Å². The van der Waals surface area contributed by atoms with E-state index in [4.69, 9.17) is 9.47 Å². The number of benzene rings is 2. The molecule has 0 bridgehead atoms. The maximum atomic E-state index is 12.9. The number of rotatable bonds is 7. The molecule has 0 saturated carbocycles. The molecule has 0 radical (unpaired) electrons. The van der Waals surface area contributed by atoms with Gasteiger partial charge in [0.15, 0.2) is 11.5 Å². The van der Waals surface area contributed by atoms with Crippen LogP contribution in [-0.4, -0.2) is 29.1 Å². The van der Waals surface area contributed by atoms with Gasteiger partial charge in [0.25, 0.3) is 11.6 Å². The van der Waals surface area contributed by atoms with Crippen molar-refractivity contribution in [2.45, 2.75) is 0 Å². The molecule has 0 spiro atoms. The molecule has 0 saturated heterocycles. The normalized spacial score (nSPS) is 10.6. The van der Waals surface area contributed by atoms with E-state index in [-0.39, 0.29) is 17.1 Å². The van der Waals surface area contributed by atoms with Crippen molar-refractivity contribution in [1.82, 2.24) is 10.4 Å². The first-order valence-corrected chi connectivity index (χ1v) is 8.51. The first kappa shape index (κ1) is 20.4. The van der Waals surface area contributed by atoms with Gasteiger partial charge in [-0.2, -0.15) is 5.10 Å². The lowest BCUT2D eigenvalue weighted by Crippen LogP contribution is -2.17. The zero-order valence-electron chi connectivity index (χ0n) is 15.6. The molecule has 1 aromatic heterocycles. The monoisotopic (exact) mass is 410 g/mol. The number of carbonyl (C=O) groups is 1. The number of nitrogens with zero attached hydrogens (tertiary/aromatic N) is 3. The van der Waals surface area contributed by atoms with Gasteiger partial charge in [-0.05, 0) is 48.0 Å². The number of hydrogen-bond acceptors (Lipinski definition) is 7. The van der Waals surface area contributed by atoms with Crippen molar-refractivity contribution >= 4 is 17.8 Å². The number of halogens is 1. The second kappa shape index (κ2) is 9.24. The van der Waals surface area contributed by atoms with Crippen molar-refractivity contribution in [3.8, 4) is 17.4 Å². The minimum absolute atomic E-state index is 0.149. The highest BCUT2D eigenvalue weighted by molar-refractivity contribution is 5.94. The molecule has 0 unspecified atom stereocenters. The predicted molar refractivity (Wildman–Crippen MR) is 105 cm³/mol. The summed E-state index contributed by atoms with van der Waals surface area (Å²) in [5.74, 6) is -0.0574. The van der Waals surface area contributed by atoms with Crippen LogP contribution in [0.2, 0.25) is 0 Å². The standard InChI is InChI=1S/C20H15FN4O5/c1-29-18-10-13(11-23-24-20(26)14-3-5-15(21)6-4-14)2-8-17(18)30-19-9-7-16(12-22-19)25(27)28/h2-12H,1H3,(H,24,26)/b23-11+. The van der Waals surface area contributed by atoms with Gasteiger partial charge in [0.05, 0.1) is 18.2 Å². The van der Waals surface area contributed by atoms with Crippen LogP contribution in [-0.2, 0) is 0 Å². The first-order chi connectivity index (χ1) is 14.5. The van der Waals surface area contributed by atoms with Gasteiger partial charge < -0.3 is 9.47 Å². The molecule has 30 heavy (non-hydrogen) atoms. The molecule has 1 amide bonds. The lowest BCUT2D eigenvalue weighted by Gasteiger charge is -2.10. The van der Waals surface area contributed by atoms with Crippen LogP contribution < -0.4 is 14.9 Å². The summed E-state index contributed by atoms with van der Waals surface area (Å²) in [6.45, 7) is 0. The van der Waals surface area contributed by atoms with Crippen LogP contribution in [0.5, 0.6) is 17.4 Å².